The zero-order chi connectivity index (χ0) is 18.5. The third-order valence-electron chi connectivity index (χ3n) is 7.18. The van der Waals surface area contributed by atoms with Gasteiger partial charge in [0.25, 0.3) is 0 Å². The lowest BCUT2D eigenvalue weighted by Gasteiger charge is -2.60. The molecular weight excluding hydrogens is 352 g/mol. The van der Waals surface area contributed by atoms with E-state index in [9.17, 15) is 14.7 Å². The average molecular weight is 378 g/mol. The van der Waals surface area contributed by atoms with E-state index in [1.54, 1.807) is 0 Å². The van der Waals surface area contributed by atoms with E-state index in [2.05, 4.69) is 20.0 Å². The molecule has 4 N–H and O–H groups in total. The fraction of sp³-hybridized carbons (Fsp3) is 0.882. The first kappa shape index (κ1) is 16.6. The molecule has 10 heteroatoms. The number of likely N-dealkylation sites (tertiary alicyclic amines) is 1. The van der Waals surface area contributed by atoms with Crippen molar-refractivity contribution in [3.63, 3.8) is 0 Å². The Labute approximate surface area is 157 Å². The second-order valence-corrected chi connectivity index (χ2v) is 9.26. The molecule has 7 saturated heterocycles. The van der Waals surface area contributed by atoms with Gasteiger partial charge in [-0.15, -0.1) is 0 Å². The van der Waals surface area contributed by atoms with Crippen LogP contribution in [-0.4, -0.2) is 113 Å². The monoisotopic (exact) mass is 378 g/mol. The highest BCUT2D eigenvalue weighted by atomic mass is 16.5. The maximum atomic E-state index is 12.8. The van der Waals surface area contributed by atoms with Crippen molar-refractivity contribution >= 4 is 11.8 Å². The number of fused-ring (bicyclic) bond motifs is 5. The number of nitrogens with zero attached hydrogens (tertiary/aromatic N) is 4. The van der Waals surface area contributed by atoms with Crippen LogP contribution in [0.4, 0.5) is 0 Å². The van der Waals surface area contributed by atoms with E-state index in [0.717, 1.165) is 39.6 Å². The molecule has 7 aliphatic rings. The van der Waals surface area contributed by atoms with E-state index in [0.29, 0.717) is 6.42 Å². The van der Waals surface area contributed by atoms with Gasteiger partial charge in [0, 0.05) is 31.6 Å². The summed E-state index contributed by atoms with van der Waals surface area (Å²) >= 11 is 0. The zero-order valence-electron chi connectivity index (χ0n) is 15.2. The van der Waals surface area contributed by atoms with Gasteiger partial charge in [0.2, 0.25) is 11.8 Å². The number of ether oxygens (including phenoxy) is 1. The first-order valence-corrected chi connectivity index (χ1v) is 9.80. The minimum absolute atomic E-state index is 0.108. The number of carbonyl (C=O) groups excluding carboxylic acids is 2. The summed E-state index contributed by atoms with van der Waals surface area (Å²) < 4.78 is 5.79. The summed E-state index contributed by atoms with van der Waals surface area (Å²) in [5.74, 6) is -1.06. The molecule has 0 aromatic heterocycles. The number of rotatable bonds is 3. The van der Waals surface area contributed by atoms with Crippen LogP contribution in [0.15, 0.2) is 0 Å². The van der Waals surface area contributed by atoms with Crippen LogP contribution in [-0.2, 0) is 14.3 Å². The van der Waals surface area contributed by atoms with E-state index < -0.39 is 6.23 Å². The van der Waals surface area contributed by atoms with Gasteiger partial charge in [0.1, 0.15) is 12.8 Å². The molecule has 7 fully saturated rings. The number of nitrogens with two attached hydrogens (primary N) is 1. The van der Waals surface area contributed by atoms with Crippen LogP contribution >= 0.6 is 0 Å². The molecule has 0 saturated carbocycles. The lowest BCUT2D eigenvalue weighted by atomic mass is 9.78. The Bertz CT molecular complexity index is 668. The molecule has 6 unspecified atom stereocenters. The van der Waals surface area contributed by atoms with Crippen LogP contribution in [0.5, 0.6) is 0 Å². The summed E-state index contributed by atoms with van der Waals surface area (Å²) in [6, 6.07) is -0.142. The van der Waals surface area contributed by atoms with Crippen molar-refractivity contribution in [2.75, 3.05) is 46.2 Å². The molecule has 10 nitrogen and oxygen atoms in total. The van der Waals surface area contributed by atoms with Gasteiger partial charge in [-0.2, -0.15) is 0 Å². The molecule has 7 rings (SSSR count). The molecule has 0 aliphatic carbocycles. The Balaban J connectivity index is 1.16. The number of nitrogens with one attached hydrogen (secondary N) is 1. The summed E-state index contributed by atoms with van der Waals surface area (Å²) in [5, 5.41) is 13.9. The molecular formula is C17H26N6O4. The quantitative estimate of drug-likeness (QED) is 0.465. The van der Waals surface area contributed by atoms with E-state index in [1.807, 2.05) is 0 Å². The maximum absolute atomic E-state index is 12.8. The highest BCUT2D eigenvalue weighted by Crippen LogP contribution is 2.49. The SMILES string of the molecule is NC1CC2OC1C1C2C(=O)N(CC(=O)NC23CN4CN(CN(C4)C2)C3)C1O. The molecule has 0 aromatic rings. The number of aliphatic hydroxyl groups excluding tert-OH is 1. The summed E-state index contributed by atoms with van der Waals surface area (Å²) in [6.45, 7) is 5.24. The highest BCUT2D eigenvalue weighted by Gasteiger charge is 2.64. The maximum Gasteiger partial charge on any atom is 0.240 e. The van der Waals surface area contributed by atoms with Crippen molar-refractivity contribution in [1.82, 2.24) is 24.9 Å². The Morgan fingerprint density at radius 2 is 1.85 bits per heavy atom. The van der Waals surface area contributed by atoms with Gasteiger partial charge < -0.3 is 25.8 Å². The molecule has 7 heterocycles. The lowest BCUT2D eigenvalue weighted by Crippen LogP contribution is -2.80. The van der Waals surface area contributed by atoms with Crippen molar-refractivity contribution < 1.29 is 19.4 Å². The molecule has 2 amide bonds. The average Bonchev–Trinajstić information content (AvgIpc) is 3.20. The standard InChI is InChI=1S/C17H26N6O4/c18-9-1-10-12-13(14(9)27-10)16(26)23(15(12)25)2-11(24)19-17-3-20-6-21(4-17)8-22(5-17)7-20/h9-10,12-14,16,26H,1-8,18H2,(H,19,24). The summed E-state index contributed by atoms with van der Waals surface area (Å²) in [4.78, 5) is 34.0. The molecule has 7 aliphatic heterocycles. The molecule has 0 spiro atoms. The molecule has 0 radical (unpaired) electrons. The Morgan fingerprint density at radius 3 is 2.48 bits per heavy atom. The largest absolute Gasteiger partial charge is 0.373 e. The van der Waals surface area contributed by atoms with Gasteiger partial charge in [-0.1, -0.05) is 0 Å². The zero-order valence-corrected chi connectivity index (χ0v) is 15.2. The topological polar surface area (TPSA) is 115 Å². The minimum Gasteiger partial charge on any atom is -0.373 e. The van der Waals surface area contributed by atoms with Crippen molar-refractivity contribution in [1.29, 1.82) is 0 Å². The predicted molar refractivity (Wildman–Crippen MR) is 91.5 cm³/mol. The Hall–Kier alpha value is -1.30. The lowest BCUT2D eigenvalue weighted by molar-refractivity contribution is -0.160. The smallest absolute Gasteiger partial charge is 0.240 e. The van der Waals surface area contributed by atoms with Gasteiger partial charge in [-0.3, -0.25) is 24.3 Å². The summed E-state index contributed by atoms with van der Waals surface area (Å²) in [7, 11) is 0. The fourth-order valence-corrected chi connectivity index (χ4v) is 6.53. The van der Waals surface area contributed by atoms with Crippen molar-refractivity contribution in [2.45, 2.75) is 36.4 Å². The van der Waals surface area contributed by atoms with Gasteiger partial charge in [0.05, 0.1) is 43.7 Å². The third kappa shape index (κ3) is 2.28. The normalized spacial score (nSPS) is 54.7. The third-order valence-corrected chi connectivity index (χ3v) is 7.18. The van der Waals surface area contributed by atoms with E-state index >= 15 is 0 Å². The van der Waals surface area contributed by atoms with Crippen LogP contribution in [0.3, 0.4) is 0 Å². The number of aliphatic hydroxyl groups is 1. The number of hydrogen-bond acceptors (Lipinski definition) is 8. The number of amides is 2. The molecule has 6 bridgehead atoms. The minimum atomic E-state index is -0.998. The van der Waals surface area contributed by atoms with Crippen molar-refractivity contribution in [3.8, 4) is 0 Å². The molecule has 6 atom stereocenters. The first-order chi connectivity index (χ1) is 12.9. The molecule has 0 aromatic carbocycles. The second-order valence-electron chi connectivity index (χ2n) is 9.26. The van der Waals surface area contributed by atoms with E-state index in [1.165, 1.54) is 4.90 Å². The fourth-order valence-electron chi connectivity index (χ4n) is 6.53. The van der Waals surface area contributed by atoms with Gasteiger partial charge in [0.15, 0.2) is 0 Å². The van der Waals surface area contributed by atoms with Crippen LogP contribution in [0.1, 0.15) is 6.42 Å². The van der Waals surface area contributed by atoms with Gasteiger partial charge in [-0.05, 0) is 6.42 Å². The van der Waals surface area contributed by atoms with Crippen LogP contribution in [0.2, 0.25) is 0 Å². The van der Waals surface area contributed by atoms with Crippen LogP contribution < -0.4 is 11.1 Å². The highest BCUT2D eigenvalue weighted by molar-refractivity contribution is 5.89. The van der Waals surface area contributed by atoms with Crippen LogP contribution in [0.25, 0.3) is 0 Å². The van der Waals surface area contributed by atoms with Crippen molar-refractivity contribution in [2.24, 2.45) is 17.6 Å². The van der Waals surface area contributed by atoms with Crippen LogP contribution in [0, 0.1) is 11.8 Å². The summed E-state index contributed by atoms with van der Waals surface area (Å²) in [5.41, 5.74) is 5.77. The van der Waals surface area contributed by atoms with E-state index in [-0.39, 0.29) is 54.0 Å². The Kier molecular flexibility index (Phi) is 3.33. The molecule has 148 valence electrons. The summed E-state index contributed by atoms with van der Waals surface area (Å²) in [6.07, 6.45) is -0.859. The Morgan fingerprint density at radius 1 is 1.22 bits per heavy atom. The molecule has 27 heavy (non-hydrogen) atoms. The predicted octanol–water partition coefficient (Wildman–Crippen LogP) is -3.45. The van der Waals surface area contributed by atoms with Gasteiger partial charge in [-0.25, -0.2) is 0 Å². The van der Waals surface area contributed by atoms with Crippen molar-refractivity contribution in [3.05, 3.63) is 0 Å². The number of hydrogen-bond donors (Lipinski definition) is 3. The second kappa shape index (κ2) is 5.40. The van der Waals surface area contributed by atoms with E-state index in [4.69, 9.17) is 10.5 Å². The number of carbonyl (C=O) groups is 2. The van der Waals surface area contributed by atoms with Gasteiger partial charge >= 0.3 is 0 Å². The first-order valence-electron chi connectivity index (χ1n) is 9.80.